The van der Waals surface area contributed by atoms with Crippen molar-refractivity contribution in [3.8, 4) is 5.75 Å². The largest absolute Gasteiger partial charge is 0.496 e. The number of thiazole rings is 1. The normalized spacial score (nSPS) is 11.1. The van der Waals surface area contributed by atoms with Crippen LogP contribution in [0.3, 0.4) is 0 Å². The van der Waals surface area contributed by atoms with E-state index in [1.165, 1.54) is 10.4 Å². The van der Waals surface area contributed by atoms with E-state index in [1.54, 1.807) is 18.4 Å². The molecule has 3 nitrogen and oxygen atoms in total. The van der Waals surface area contributed by atoms with Crippen molar-refractivity contribution in [3.05, 3.63) is 46.0 Å². The second kappa shape index (κ2) is 4.70. The molecule has 0 N–H and O–H groups in total. The Labute approximate surface area is 116 Å². The molecule has 98 valence electrons. The fourth-order valence-electron chi connectivity index (χ4n) is 2.26. The van der Waals surface area contributed by atoms with Gasteiger partial charge in [-0.1, -0.05) is 6.07 Å². The van der Waals surface area contributed by atoms with Gasteiger partial charge in [0.1, 0.15) is 10.8 Å². The van der Waals surface area contributed by atoms with E-state index in [0.29, 0.717) is 0 Å². The maximum absolute atomic E-state index is 5.39. The molecule has 3 rings (SSSR count). The van der Waals surface area contributed by atoms with Gasteiger partial charge < -0.3 is 9.30 Å². The number of aromatic nitrogens is 2. The highest BCUT2D eigenvalue weighted by atomic mass is 32.1. The smallest absolute Gasteiger partial charge is 0.128 e. The first kappa shape index (κ1) is 12.2. The predicted molar refractivity (Wildman–Crippen MR) is 79.2 cm³/mol. The van der Waals surface area contributed by atoms with Gasteiger partial charge in [0.05, 0.1) is 24.9 Å². The number of methoxy groups -OCH3 is 1. The fourth-order valence-corrected chi connectivity index (χ4v) is 3.20. The molecule has 0 bridgehead atoms. The van der Waals surface area contributed by atoms with Crippen LogP contribution in [0.5, 0.6) is 5.75 Å². The Morgan fingerprint density at radius 2 is 2.11 bits per heavy atom. The van der Waals surface area contributed by atoms with Crippen molar-refractivity contribution in [3.63, 3.8) is 0 Å². The molecule has 0 spiro atoms. The van der Waals surface area contributed by atoms with Crippen molar-refractivity contribution in [2.24, 2.45) is 0 Å². The van der Waals surface area contributed by atoms with Gasteiger partial charge in [-0.15, -0.1) is 11.3 Å². The van der Waals surface area contributed by atoms with Crippen LogP contribution in [-0.2, 0) is 6.54 Å². The summed E-state index contributed by atoms with van der Waals surface area (Å²) < 4.78 is 7.61. The number of benzene rings is 1. The average Bonchev–Trinajstić information content (AvgIpc) is 2.95. The number of rotatable bonds is 3. The number of fused-ring (bicyclic) bond motifs is 1. The van der Waals surface area contributed by atoms with Crippen molar-refractivity contribution in [1.82, 2.24) is 9.55 Å². The van der Waals surface area contributed by atoms with Crippen LogP contribution in [0, 0.1) is 13.8 Å². The van der Waals surface area contributed by atoms with Crippen molar-refractivity contribution < 1.29 is 4.74 Å². The van der Waals surface area contributed by atoms with Gasteiger partial charge in [0.2, 0.25) is 0 Å². The van der Waals surface area contributed by atoms with E-state index < -0.39 is 0 Å². The molecule has 0 saturated carbocycles. The van der Waals surface area contributed by atoms with E-state index in [4.69, 9.17) is 4.74 Å². The van der Waals surface area contributed by atoms with Gasteiger partial charge in [-0.2, -0.15) is 0 Å². The van der Waals surface area contributed by atoms with Crippen LogP contribution in [0.4, 0.5) is 0 Å². The molecular formula is C15H16N2OS. The SMILES string of the molecule is COc1cccc2c1ccn2Cc1nc(C)c(C)s1. The number of nitrogens with zero attached hydrogens (tertiary/aromatic N) is 2. The standard InChI is InChI=1S/C15H16N2OS/c1-10-11(2)19-15(16-10)9-17-8-7-12-13(17)5-4-6-14(12)18-3/h4-8H,9H2,1-3H3. The molecule has 0 amide bonds. The van der Waals surface area contributed by atoms with E-state index in [9.17, 15) is 0 Å². The Balaban J connectivity index is 2.02. The highest BCUT2D eigenvalue weighted by Gasteiger charge is 2.08. The molecule has 4 heteroatoms. The molecule has 0 fully saturated rings. The van der Waals surface area contributed by atoms with Crippen LogP contribution in [-0.4, -0.2) is 16.7 Å². The molecule has 0 unspecified atom stereocenters. The maximum atomic E-state index is 5.39. The Bertz CT molecular complexity index is 707. The lowest BCUT2D eigenvalue weighted by Crippen LogP contribution is -1.97. The first-order valence-corrected chi connectivity index (χ1v) is 7.05. The number of ether oxygens (including phenoxy) is 1. The minimum Gasteiger partial charge on any atom is -0.496 e. The van der Waals surface area contributed by atoms with Gasteiger partial charge in [0.15, 0.2) is 0 Å². The Hall–Kier alpha value is -1.81. The zero-order valence-electron chi connectivity index (χ0n) is 11.3. The lowest BCUT2D eigenvalue weighted by molar-refractivity contribution is 0.420. The van der Waals surface area contributed by atoms with E-state index in [0.717, 1.165) is 28.4 Å². The maximum Gasteiger partial charge on any atom is 0.128 e. The van der Waals surface area contributed by atoms with Crippen LogP contribution < -0.4 is 4.74 Å². The highest BCUT2D eigenvalue weighted by molar-refractivity contribution is 7.11. The molecule has 3 aromatic rings. The number of hydrogen-bond acceptors (Lipinski definition) is 3. The average molecular weight is 272 g/mol. The first-order chi connectivity index (χ1) is 9.19. The van der Waals surface area contributed by atoms with E-state index in [-0.39, 0.29) is 0 Å². The highest BCUT2D eigenvalue weighted by Crippen LogP contribution is 2.27. The van der Waals surface area contributed by atoms with Gasteiger partial charge in [-0.25, -0.2) is 4.98 Å². The minimum atomic E-state index is 0.815. The first-order valence-electron chi connectivity index (χ1n) is 6.24. The summed E-state index contributed by atoms with van der Waals surface area (Å²) in [4.78, 5) is 5.90. The van der Waals surface area contributed by atoms with Crippen LogP contribution in [0.2, 0.25) is 0 Å². The van der Waals surface area contributed by atoms with Gasteiger partial charge in [-0.05, 0) is 32.0 Å². The fraction of sp³-hybridized carbons (Fsp3) is 0.267. The molecule has 0 atom stereocenters. The topological polar surface area (TPSA) is 27.1 Å². The van der Waals surface area contributed by atoms with Crippen LogP contribution in [0.1, 0.15) is 15.6 Å². The Morgan fingerprint density at radius 1 is 1.26 bits per heavy atom. The monoisotopic (exact) mass is 272 g/mol. The molecule has 0 aliphatic heterocycles. The second-order valence-corrected chi connectivity index (χ2v) is 5.87. The third-order valence-corrected chi connectivity index (χ3v) is 4.43. The molecule has 2 heterocycles. The molecule has 0 saturated heterocycles. The quantitative estimate of drug-likeness (QED) is 0.725. The summed E-state index contributed by atoms with van der Waals surface area (Å²) in [6.45, 7) is 5.00. The van der Waals surface area contributed by atoms with Gasteiger partial charge in [-0.3, -0.25) is 0 Å². The predicted octanol–water partition coefficient (Wildman–Crippen LogP) is 3.77. The van der Waals surface area contributed by atoms with Crippen molar-refractivity contribution in [2.75, 3.05) is 7.11 Å². The zero-order valence-corrected chi connectivity index (χ0v) is 12.1. The molecule has 1 aromatic carbocycles. The second-order valence-electron chi connectivity index (χ2n) is 4.59. The summed E-state index contributed by atoms with van der Waals surface area (Å²) >= 11 is 1.77. The van der Waals surface area contributed by atoms with E-state index in [1.807, 2.05) is 12.1 Å². The molecular weight excluding hydrogens is 256 g/mol. The summed E-state index contributed by atoms with van der Waals surface area (Å²) in [5.41, 5.74) is 2.32. The molecule has 0 aliphatic carbocycles. The van der Waals surface area contributed by atoms with Crippen LogP contribution in [0.15, 0.2) is 30.5 Å². The van der Waals surface area contributed by atoms with Crippen LogP contribution >= 0.6 is 11.3 Å². The summed E-state index contributed by atoms with van der Waals surface area (Å²) in [6.07, 6.45) is 2.10. The third-order valence-electron chi connectivity index (χ3n) is 3.37. The minimum absolute atomic E-state index is 0.815. The summed E-state index contributed by atoms with van der Waals surface area (Å²) in [7, 11) is 1.71. The number of hydrogen-bond donors (Lipinski definition) is 0. The molecule has 0 aliphatic rings. The summed E-state index contributed by atoms with van der Waals surface area (Å²) in [6, 6.07) is 8.23. The van der Waals surface area contributed by atoms with E-state index in [2.05, 4.69) is 41.7 Å². The molecule has 19 heavy (non-hydrogen) atoms. The van der Waals surface area contributed by atoms with Gasteiger partial charge in [0, 0.05) is 16.5 Å². The zero-order chi connectivity index (χ0) is 13.4. The number of aryl methyl sites for hydroxylation is 2. The summed E-state index contributed by atoms with van der Waals surface area (Å²) in [5, 5.41) is 2.30. The summed E-state index contributed by atoms with van der Waals surface area (Å²) in [5.74, 6) is 0.919. The van der Waals surface area contributed by atoms with E-state index >= 15 is 0 Å². The Kier molecular flexibility index (Phi) is 3.03. The third kappa shape index (κ3) is 2.12. The Morgan fingerprint density at radius 3 is 2.79 bits per heavy atom. The van der Waals surface area contributed by atoms with Gasteiger partial charge in [0.25, 0.3) is 0 Å². The van der Waals surface area contributed by atoms with Crippen molar-refractivity contribution >= 4 is 22.2 Å². The van der Waals surface area contributed by atoms with Crippen molar-refractivity contribution in [1.29, 1.82) is 0 Å². The molecule has 0 radical (unpaired) electrons. The van der Waals surface area contributed by atoms with Crippen molar-refractivity contribution in [2.45, 2.75) is 20.4 Å². The van der Waals surface area contributed by atoms with Gasteiger partial charge >= 0.3 is 0 Å². The lowest BCUT2D eigenvalue weighted by Gasteiger charge is -2.05. The van der Waals surface area contributed by atoms with Crippen LogP contribution in [0.25, 0.3) is 10.9 Å². The molecule has 2 aromatic heterocycles. The lowest BCUT2D eigenvalue weighted by atomic mass is 10.2.